The molecule has 0 saturated carbocycles. The van der Waals surface area contributed by atoms with Gasteiger partial charge in [-0.3, -0.25) is 0 Å². The monoisotopic (exact) mass is 602 g/mol. The van der Waals surface area contributed by atoms with E-state index >= 15 is 0 Å². The van der Waals surface area contributed by atoms with Crippen LogP contribution in [0.2, 0.25) is 0 Å². The van der Waals surface area contributed by atoms with E-state index in [9.17, 15) is 8.63 Å². The minimum Gasteiger partial charge on any atom is -0.569 e. The van der Waals surface area contributed by atoms with E-state index in [-0.39, 0.29) is 11.5 Å². The molecule has 0 unspecified atom stereocenters. The third kappa shape index (κ3) is 4.16. The number of hydrogen-bond acceptors (Lipinski definition) is 1. The van der Waals surface area contributed by atoms with Crippen LogP contribution in [0.5, 0.6) is 0 Å². The Kier molecular flexibility index (Phi) is 5.77. The highest BCUT2D eigenvalue weighted by molar-refractivity contribution is 6.52. The summed E-state index contributed by atoms with van der Waals surface area (Å²) >= 11 is 0. The van der Waals surface area contributed by atoms with Crippen LogP contribution in [0.15, 0.2) is 152 Å². The molecule has 1 aliphatic rings. The van der Waals surface area contributed by atoms with Gasteiger partial charge in [0.2, 0.25) is 0 Å². The van der Waals surface area contributed by atoms with Crippen molar-refractivity contribution < 1.29 is 17.6 Å². The maximum Gasteiger partial charge on any atom is 0.995 e. The molecule has 0 spiro atoms. The molecule has 0 saturated heterocycles. The SMILES string of the molecule is F[B-]1(F)OC(c2ccc(-n3c4ccccc4c4ccccc43)cc2)=CC(c2ccc(-n3c4ccccc4c4ccccc43)cc2)=[O+]1. The lowest BCUT2D eigenvalue weighted by Crippen LogP contribution is -2.31. The summed E-state index contributed by atoms with van der Waals surface area (Å²) in [5.74, 6) is 0.123. The van der Waals surface area contributed by atoms with Gasteiger partial charge in [0.1, 0.15) is 0 Å². The standard InChI is InChI=1S/C39H25BF2N2O2/c41-40(42)45-38(26-17-21-28(22-18-26)43-34-13-5-1-9-30(34)31-10-2-6-14-35(31)43)25-39(46-40)27-19-23-29(24-20-27)44-36-15-7-3-11-32(36)33-12-4-8-16-37(33)44/h1-25H. The first kappa shape index (κ1) is 26.5. The lowest BCUT2D eigenvalue weighted by Gasteiger charge is -2.20. The smallest absolute Gasteiger partial charge is 0.569 e. The molecule has 46 heavy (non-hydrogen) atoms. The Balaban J connectivity index is 1.08. The van der Waals surface area contributed by atoms with Crippen LogP contribution in [0.4, 0.5) is 8.63 Å². The molecule has 0 fully saturated rings. The molecule has 0 bridgehead atoms. The van der Waals surface area contributed by atoms with Gasteiger partial charge in [0.05, 0.1) is 39.5 Å². The van der Waals surface area contributed by atoms with Crippen molar-refractivity contribution in [3.8, 4) is 11.4 Å². The van der Waals surface area contributed by atoms with Gasteiger partial charge in [-0.1, -0.05) is 72.8 Å². The van der Waals surface area contributed by atoms with Crippen LogP contribution in [-0.4, -0.2) is 22.0 Å². The van der Waals surface area contributed by atoms with Crippen molar-refractivity contribution in [3.63, 3.8) is 0 Å². The second kappa shape index (κ2) is 10.0. The number of rotatable bonds is 4. The largest absolute Gasteiger partial charge is 0.995 e. The number of ketones is 1. The first-order chi connectivity index (χ1) is 22.5. The Morgan fingerprint density at radius 2 is 0.826 bits per heavy atom. The normalized spacial score (nSPS) is 14.5. The quantitative estimate of drug-likeness (QED) is 0.146. The number of allylic oxidation sites excluding steroid dienone is 1. The molecule has 9 rings (SSSR count). The van der Waals surface area contributed by atoms with Crippen LogP contribution in [0.3, 0.4) is 0 Å². The van der Waals surface area contributed by atoms with E-state index in [4.69, 9.17) is 9.00 Å². The van der Waals surface area contributed by atoms with Gasteiger partial charge in [-0.2, -0.15) is 0 Å². The second-order valence-electron chi connectivity index (χ2n) is 11.5. The first-order valence-corrected chi connectivity index (χ1v) is 15.2. The molecule has 4 nitrogen and oxygen atoms in total. The highest BCUT2D eigenvalue weighted by Gasteiger charge is 2.53. The van der Waals surface area contributed by atoms with E-state index in [1.54, 1.807) is 6.08 Å². The van der Waals surface area contributed by atoms with Crippen LogP contribution in [-0.2, 0) is 4.65 Å². The van der Waals surface area contributed by atoms with Crippen molar-refractivity contribution in [2.45, 2.75) is 0 Å². The number of para-hydroxylation sites is 4. The van der Waals surface area contributed by atoms with Crippen molar-refractivity contribution >= 4 is 62.3 Å². The Labute approximate surface area is 262 Å². The predicted octanol–water partition coefficient (Wildman–Crippen LogP) is 10.0. The number of carbonyl (C=O) groups excluding carboxylic acids is 1. The number of hydrogen-bond donors (Lipinski definition) is 0. The van der Waals surface area contributed by atoms with E-state index in [0.717, 1.165) is 55.0 Å². The van der Waals surface area contributed by atoms with E-state index in [1.807, 2.05) is 97.1 Å². The maximum absolute atomic E-state index is 14.9. The van der Waals surface area contributed by atoms with Crippen LogP contribution in [0.25, 0.3) is 60.7 Å². The Morgan fingerprint density at radius 1 is 0.457 bits per heavy atom. The molecule has 0 N–H and O–H groups in total. The number of aromatic nitrogens is 2. The summed E-state index contributed by atoms with van der Waals surface area (Å²) < 4.78 is 44.4. The number of fused-ring (bicyclic) bond motifs is 6. The highest BCUT2D eigenvalue weighted by atomic mass is 19.3. The van der Waals surface area contributed by atoms with Crippen LogP contribution < -0.4 is 0 Å². The lowest BCUT2D eigenvalue weighted by atomic mass is 10.0. The van der Waals surface area contributed by atoms with Gasteiger partial charge in [0.15, 0.2) is 0 Å². The molecule has 2 aromatic heterocycles. The minimum atomic E-state index is -4.57. The molecule has 0 atom stereocenters. The van der Waals surface area contributed by atoms with Gasteiger partial charge in [0.25, 0.3) is 5.78 Å². The zero-order valence-corrected chi connectivity index (χ0v) is 24.5. The average Bonchev–Trinajstić information content (AvgIpc) is 3.61. The lowest BCUT2D eigenvalue weighted by molar-refractivity contribution is -0.183. The molecule has 0 aliphatic carbocycles. The molecular formula is C39H25BF2N2O2. The molecule has 0 amide bonds. The first-order valence-electron chi connectivity index (χ1n) is 15.2. The predicted molar refractivity (Wildman–Crippen MR) is 183 cm³/mol. The number of nitrogens with zero attached hydrogens (tertiary/aromatic N) is 2. The summed E-state index contributed by atoms with van der Waals surface area (Å²) in [6.45, 7) is 0. The molecular weight excluding hydrogens is 577 g/mol. The van der Waals surface area contributed by atoms with E-state index in [2.05, 4.69) is 57.7 Å². The van der Waals surface area contributed by atoms with Gasteiger partial charge in [-0.15, -0.1) is 0 Å². The van der Waals surface area contributed by atoms with Gasteiger partial charge < -0.3 is 26.8 Å². The van der Waals surface area contributed by atoms with Gasteiger partial charge in [-0.25, -0.2) is 0 Å². The van der Waals surface area contributed by atoms with Crippen LogP contribution in [0.1, 0.15) is 15.5 Å². The zero-order valence-electron chi connectivity index (χ0n) is 24.5. The molecule has 1 aliphatic heterocycles. The van der Waals surface area contributed by atoms with E-state index in [0.29, 0.717) is 11.1 Å². The van der Waals surface area contributed by atoms with Crippen molar-refractivity contribution in [2.75, 3.05) is 0 Å². The number of benzene rings is 6. The Hall–Kier alpha value is -5.95. The van der Waals surface area contributed by atoms with Crippen LogP contribution >= 0.6 is 0 Å². The molecule has 6 aromatic carbocycles. The number of halogens is 2. The van der Waals surface area contributed by atoms with E-state index in [1.165, 1.54) is 0 Å². The minimum absolute atomic E-state index is 0.0616. The Morgan fingerprint density at radius 3 is 1.24 bits per heavy atom. The van der Waals surface area contributed by atoms with Gasteiger partial charge >= 0.3 is 7.11 Å². The maximum atomic E-state index is 14.9. The topological polar surface area (TPSA) is 30.4 Å². The van der Waals surface area contributed by atoms with Crippen molar-refractivity contribution in [1.29, 1.82) is 0 Å². The average molecular weight is 602 g/mol. The molecule has 3 heterocycles. The molecule has 8 aromatic rings. The summed E-state index contributed by atoms with van der Waals surface area (Å²) in [5, 5.41) is 4.62. The fourth-order valence-corrected chi connectivity index (χ4v) is 6.76. The zero-order chi connectivity index (χ0) is 30.8. The van der Waals surface area contributed by atoms with Crippen molar-refractivity contribution in [3.05, 3.63) is 163 Å². The van der Waals surface area contributed by atoms with Crippen molar-refractivity contribution in [2.24, 2.45) is 0 Å². The highest BCUT2D eigenvalue weighted by Crippen LogP contribution is 2.35. The molecule has 7 heteroatoms. The summed E-state index contributed by atoms with van der Waals surface area (Å²) in [7, 11) is -4.57. The summed E-state index contributed by atoms with van der Waals surface area (Å²) in [6.07, 6.45) is 1.55. The van der Waals surface area contributed by atoms with Gasteiger partial charge in [-0.05, 0) is 72.8 Å². The van der Waals surface area contributed by atoms with Crippen molar-refractivity contribution in [1.82, 2.24) is 9.13 Å². The summed E-state index contributed by atoms with van der Waals surface area (Å²) in [5.41, 5.74) is 7.23. The summed E-state index contributed by atoms with van der Waals surface area (Å²) in [6, 6.07) is 48.0. The Bertz CT molecular complexity index is 2420. The fourth-order valence-electron chi connectivity index (χ4n) is 6.76. The summed E-state index contributed by atoms with van der Waals surface area (Å²) in [4.78, 5) is 0. The van der Waals surface area contributed by atoms with Gasteiger partial charge in [0, 0.05) is 38.5 Å². The third-order valence-corrected chi connectivity index (χ3v) is 8.77. The third-order valence-electron chi connectivity index (χ3n) is 8.77. The van der Waals surface area contributed by atoms with Crippen LogP contribution in [0, 0.1) is 0 Å². The fraction of sp³-hybridized carbons (Fsp3) is 0. The molecule has 0 radical (unpaired) electrons. The van der Waals surface area contributed by atoms with E-state index < -0.39 is 7.11 Å². The second-order valence-corrected chi connectivity index (χ2v) is 11.5. The molecule has 220 valence electrons.